The number of aliphatic hydroxyl groups excluding tert-OH is 1. The number of carbonyl (C=O) groups excluding carboxylic acids is 1. The number of aryl methyl sites for hydroxylation is 1. The Morgan fingerprint density at radius 1 is 1.25 bits per heavy atom. The van der Waals surface area contributed by atoms with Crippen LogP contribution in [0.25, 0.3) is 0 Å². The van der Waals surface area contributed by atoms with Crippen molar-refractivity contribution in [3.8, 4) is 0 Å². The number of cyclic esters (lactones) is 1. The maximum Gasteiger partial charge on any atom is 0.338 e. The first-order valence-corrected chi connectivity index (χ1v) is 6.55. The third-order valence-electron chi connectivity index (χ3n) is 3.20. The minimum Gasteiger partial charge on any atom is -0.508 e. The van der Waals surface area contributed by atoms with E-state index in [2.05, 4.69) is 4.89 Å². The van der Waals surface area contributed by atoms with Crippen LogP contribution in [0.4, 0.5) is 0 Å². The lowest BCUT2D eigenvalue weighted by Crippen LogP contribution is -2.14. The number of carbonyl (C=O) groups is 1. The monoisotopic (exact) mass is 278 g/mol. The molecule has 1 N–H and O–H groups in total. The summed E-state index contributed by atoms with van der Waals surface area (Å²) in [6, 6.07) is 9.81. The Kier molecular flexibility index (Phi) is 5.15. The highest BCUT2D eigenvalue weighted by Crippen LogP contribution is 2.26. The second-order valence-corrected chi connectivity index (χ2v) is 4.52. The molecule has 1 unspecified atom stereocenters. The van der Waals surface area contributed by atoms with E-state index >= 15 is 0 Å². The molecule has 1 atom stereocenters. The lowest BCUT2D eigenvalue weighted by molar-refractivity contribution is -0.274. The summed E-state index contributed by atoms with van der Waals surface area (Å²) in [5.74, 6) is -0.425. The summed E-state index contributed by atoms with van der Waals surface area (Å²) in [6.07, 6.45) is 0.913. The number of hydrogen-bond acceptors (Lipinski definition) is 5. The van der Waals surface area contributed by atoms with Crippen molar-refractivity contribution in [3.05, 3.63) is 47.2 Å². The highest BCUT2D eigenvalue weighted by Gasteiger charge is 2.33. The predicted octanol–water partition coefficient (Wildman–Crippen LogP) is 2.32. The third kappa shape index (κ3) is 3.59. The van der Waals surface area contributed by atoms with Crippen molar-refractivity contribution in [1.29, 1.82) is 0 Å². The van der Waals surface area contributed by atoms with Crippen LogP contribution in [-0.4, -0.2) is 30.9 Å². The van der Waals surface area contributed by atoms with E-state index in [4.69, 9.17) is 9.62 Å². The average Bonchev–Trinajstić information content (AvgIpc) is 2.73. The third-order valence-corrected chi connectivity index (χ3v) is 3.20. The van der Waals surface area contributed by atoms with Gasteiger partial charge in [-0.3, -0.25) is 0 Å². The van der Waals surface area contributed by atoms with Gasteiger partial charge in [0.15, 0.2) is 6.10 Å². The Hall–Kier alpha value is -1.85. The predicted molar refractivity (Wildman–Crippen MR) is 71.9 cm³/mol. The molecular weight excluding hydrogens is 260 g/mol. The van der Waals surface area contributed by atoms with Gasteiger partial charge in [-0.1, -0.05) is 30.3 Å². The Morgan fingerprint density at radius 2 is 2.00 bits per heavy atom. The van der Waals surface area contributed by atoms with Crippen molar-refractivity contribution in [1.82, 2.24) is 0 Å². The van der Waals surface area contributed by atoms with Crippen molar-refractivity contribution in [2.75, 3.05) is 13.7 Å². The molecule has 1 aliphatic heterocycles. The summed E-state index contributed by atoms with van der Waals surface area (Å²) < 4.78 is 5.12. The lowest BCUT2D eigenvalue weighted by atomic mass is 10.0. The molecular formula is C15H18O5. The second-order valence-electron chi connectivity index (χ2n) is 4.52. The minimum absolute atomic E-state index is 0.0191. The van der Waals surface area contributed by atoms with Gasteiger partial charge in [0.2, 0.25) is 0 Å². The molecule has 1 aromatic carbocycles. The Balaban J connectivity index is 1.93. The molecule has 0 spiro atoms. The summed E-state index contributed by atoms with van der Waals surface area (Å²) in [4.78, 5) is 20.9. The molecule has 2 rings (SSSR count). The molecule has 108 valence electrons. The van der Waals surface area contributed by atoms with Crippen LogP contribution in [0.3, 0.4) is 0 Å². The van der Waals surface area contributed by atoms with Crippen molar-refractivity contribution in [2.45, 2.75) is 25.4 Å². The fourth-order valence-electron chi connectivity index (χ4n) is 2.13. The smallest absolute Gasteiger partial charge is 0.338 e. The van der Waals surface area contributed by atoms with E-state index in [9.17, 15) is 9.90 Å². The highest BCUT2D eigenvalue weighted by molar-refractivity contribution is 5.91. The molecule has 0 amide bonds. The Bertz CT molecular complexity index is 480. The van der Waals surface area contributed by atoms with Crippen molar-refractivity contribution < 1.29 is 24.4 Å². The largest absolute Gasteiger partial charge is 0.508 e. The van der Waals surface area contributed by atoms with Crippen LogP contribution in [-0.2, 0) is 25.7 Å². The summed E-state index contributed by atoms with van der Waals surface area (Å²) in [5, 5.41) is 10.0. The van der Waals surface area contributed by atoms with Crippen LogP contribution in [0.1, 0.15) is 18.4 Å². The molecule has 5 nitrogen and oxygen atoms in total. The molecule has 0 bridgehead atoms. The topological polar surface area (TPSA) is 65.0 Å². The Labute approximate surface area is 117 Å². The number of hydrogen-bond donors (Lipinski definition) is 1. The van der Waals surface area contributed by atoms with E-state index in [-0.39, 0.29) is 12.4 Å². The van der Waals surface area contributed by atoms with Gasteiger partial charge in [0, 0.05) is 6.42 Å². The first kappa shape index (κ1) is 14.6. The molecule has 0 saturated carbocycles. The van der Waals surface area contributed by atoms with Crippen molar-refractivity contribution >= 4 is 5.97 Å². The lowest BCUT2D eigenvalue weighted by Gasteiger charge is -2.08. The first-order valence-electron chi connectivity index (χ1n) is 6.55. The number of rotatable bonds is 7. The first-order chi connectivity index (χ1) is 9.72. The van der Waals surface area contributed by atoms with E-state index in [0.29, 0.717) is 24.8 Å². The van der Waals surface area contributed by atoms with E-state index in [1.807, 2.05) is 30.3 Å². The van der Waals surface area contributed by atoms with Crippen LogP contribution in [0, 0.1) is 0 Å². The van der Waals surface area contributed by atoms with Crippen molar-refractivity contribution in [2.24, 2.45) is 0 Å². The molecule has 1 aliphatic rings. The zero-order chi connectivity index (χ0) is 14.4. The summed E-state index contributed by atoms with van der Waals surface area (Å²) in [6.45, 7) is 0.254. The van der Waals surface area contributed by atoms with Crippen LogP contribution in [0.15, 0.2) is 41.7 Å². The summed E-state index contributed by atoms with van der Waals surface area (Å²) in [7, 11) is 1.40. The van der Waals surface area contributed by atoms with Gasteiger partial charge in [0.1, 0.15) is 5.76 Å². The molecule has 0 saturated heterocycles. The van der Waals surface area contributed by atoms with Crippen LogP contribution >= 0.6 is 0 Å². The molecule has 1 aromatic rings. The van der Waals surface area contributed by atoms with E-state index in [1.54, 1.807) is 0 Å². The maximum atomic E-state index is 11.7. The van der Waals surface area contributed by atoms with Gasteiger partial charge < -0.3 is 9.84 Å². The maximum absolute atomic E-state index is 11.7. The number of benzene rings is 1. The van der Waals surface area contributed by atoms with E-state index in [1.165, 1.54) is 7.11 Å². The SMILES string of the molecule is COOCCC1OC(=O)C(CCc2ccccc2)=C1O. The number of ether oxygens (including phenoxy) is 1. The molecule has 0 aliphatic carbocycles. The number of esters is 1. The molecule has 5 heteroatoms. The fourth-order valence-corrected chi connectivity index (χ4v) is 2.13. The van der Waals surface area contributed by atoms with Gasteiger partial charge in [0.05, 0.1) is 19.3 Å². The molecule has 0 fully saturated rings. The van der Waals surface area contributed by atoms with Crippen LogP contribution in [0.2, 0.25) is 0 Å². The molecule has 1 heterocycles. The van der Waals surface area contributed by atoms with Crippen molar-refractivity contribution in [3.63, 3.8) is 0 Å². The average molecular weight is 278 g/mol. The van der Waals surface area contributed by atoms with Gasteiger partial charge in [-0.2, -0.15) is 0 Å². The van der Waals surface area contributed by atoms with Gasteiger partial charge in [0.25, 0.3) is 0 Å². The highest BCUT2D eigenvalue weighted by atomic mass is 17.2. The van der Waals surface area contributed by atoms with Crippen LogP contribution in [0.5, 0.6) is 0 Å². The fraction of sp³-hybridized carbons (Fsp3) is 0.400. The normalized spacial score (nSPS) is 18.4. The molecule has 20 heavy (non-hydrogen) atoms. The van der Waals surface area contributed by atoms with Gasteiger partial charge >= 0.3 is 5.97 Å². The van der Waals surface area contributed by atoms with Gasteiger partial charge in [-0.05, 0) is 18.4 Å². The quantitative estimate of drug-likeness (QED) is 0.359. The standard InChI is InChI=1S/C15H18O5/c1-18-19-10-9-13-14(16)12(15(17)20-13)8-7-11-5-3-2-4-6-11/h2-6,13,16H,7-10H2,1H3. The minimum atomic E-state index is -0.622. The summed E-state index contributed by atoms with van der Waals surface area (Å²) in [5.41, 5.74) is 1.48. The van der Waals surface area contributed by atoms with E-state index < -0.39 is 12.1 Å². The molecule has 0 aromatic heterocycles. The zero-order valence-corrected chi connectivity index (χ0v) is 11.4. The zero-order valence-electron chi connectivity index (χ0n) is 11.4. The molecule has 0 radical (unpaired) electrons. The summed E-state index contributed by atoms with van der Waals surface area (Å²) >= 11 is 0. The Morgan fingerprint density at radius 3 is 2.70 bits per heavy atom. The van der Waals surface area contributed by atoms with E-state index in [0.717, 1.165) is 5.56 Å². The second kappa shape index (κ2) is 7.07. The van der Waals surface area contributed by atoms with Gasteiger partial charge in [-0.25, -0.2) is 14.6 Å². The van der Waals surface area contributed by atoms with Gasteiger partial charge in [-0.15, -0.1) is 0 Å². The number of aliphatic hydroxyl groups is 1. The van der Waals surface area contributed by atoms with Crippen LogP contribution < -0.4 is 0 Å².